The highest BCUT2D eigenvalue weighted by Gasteiger charge is 2.38. The molecule has 2 aliphatic rings. The normalized spacial score (nSPS) is 15.6. The molecule has 0 bridgehead atoms. The van der Waals surface area contributed by atoms with Gasteiger partial charge in [-0.1, -0.05) is 0 Å². The number of hydrogen-bond acceptors (Lipinski definition) is 8. The first kappa shape index (κ1) is 32.9. The molecule has 3 rings (SSSR count). The molecule has 11 nitrogen and oxygen atoms in total. The molecule has 1 aromatic rings. The number of rotatable bonds is 11. The van der Waals surface area contributed by atoms with E-state index in [1.54, 1.807) is 17.0 Å². The number of carboxylic acids is 1. The van der Waals surface area contributed by atoms with Gasteiger partial charge in [0.2, 0.25) is 11.7 Å². The van der Waals surface area contributed by atoms with Gasteiger partial charge < -0.3 is 39.3 Å². The summed E-state index contributed by atoms with van der Waals surface area (Å²) in [7, 11) is 4.60. The number of likely N-dealkylation sites (tertiary alicyclic amines) is 1. The summed E-state index contributed by atoms with van der Waals surface area (Å²) in [6.07, 6.45) is -1.40. The molecule has 0 unspecified atom stereocenters. The molecular formula is C26H39F3N4O7. The zero-order valence-electron chi connectivity index (χ0n) is 23.2. The van der Waals surface area contributed by atoms with Crippen LogP contribution in [0.3, 0.4) is 0 Å². The van der Waals surface area contributed by atoms with Crippen molar-refractivity contribution < 1.29 is 46.9 Å². The van der Waals surface area contributed by atoms with E-state index in [9.17, 15) is 22.8 Å². The summed E-state index contributed by atoms with van der Waals surface area (Å²) in [6, 6.07) is 3.35. The van der Waals surface area contributed by atoms with Crippen LogP contribution in [-0.2, 0) is 9.59 Å². The molecule has 0 aliphatic carbocycles. The van der Waals surface area contributed by atoms with E-state index >= 15 is 0 Å². The summed E-state index contributed by atoms with van der Waals surface area (Å²) in [5.41, 5.74) is 0.459. The van der Waals surface area contributed by atoms with Gasteiger partial charge in [-0.2, -0.15) is 13.2 Å². The van der Waals surface area contributed by atoms with Gasteiger partial charge in [0.25, 0.3) is 5.91 Å². The zero-order chi connectivity index (χ0) is 29.7. The van der Waals surface area contributed by atoms with Gasteiger partial charge in [0.05, 0.1) is 21.3 Å². The maximum absolute atomic E-state index is 13.5. The number of aliphatic carboxylic acids is 1. The van der Waals surface area contributed by atoms with Gasteiger partial charge >= 0.3 is 12.1 Å². The van der Waals surface area contributed by atoms with Crippen LogP contribution >= 0.6 is 0 Å². The summed E-state index contributed by atoms with van der Waals surface area (Å²) in [6.45, 7) is 7.27. The number of amides is 2. The molecule has 2 heterocycles. The molecule has 2 amide bonds. The molecule has 40 heavy (non-hydrogen) atoms. The lowest BCUT2D eigenvalue weighted by Gasteiger charge is -2.29. The highest BCUT2D eigenvalue weighted by Crippen LogP contribution is 2.38. The molecule has 0 saturated carbocycles. The number of alkyl halides is 3. The summed E-state index contributed by atoms with van der Waals surface area (Å²) in [5, 5.41) is 10.4. The zero-order valence-corrected chi connectivity index (χ0v) is 23.2. The van der Waals surface area contributed by atoms with Crippen LogP contribution in [0.15, 0.2) is 12.1 Å². The van der Waals surface area contributed by atoms with Gasteiger partial charge in [-0.05, 0) is 51.0 Å². The SMILES string of the molecule is COc1cc(C(=O)N(CCCN2CCCC2)CCC(=O)N2CCNCC2)cc(OC)c1OC.O=C(O)C(F)(F)F. The summed E-state index contributed by atoms with van der Waals surface area (Å²) in [4.78, 5) is 41.2. The Morgan fingerprint density at radius 2 is 1.50 bits per heavy atom. The second-order valence-corrected chi connectivity index (χ2v) is 9.29. The fourth-order valence-electron chi connectivity index (χ4n) is 4.50. The number of benzene rings is 1. The third-order valence-corrected chi connectivity index (χ3v) is 6.61. The van der Waals surface area contributed by atoms with E-state index in [-0.39, 0.29) is 11.8 Å². The Kier molecular flexibility index (Phi) is 13.3. The van der Waals surface area contributed by atoms with Crippen LogP contribution in [0.4, 0.5) is 13.2 Å². The van der Waals surface area contributed by atoms with Crippen molar-refractivity contribution in [3.63, 3.8) is 0 Å². The van der Waals surface area contributed by atoms with Gasteiger partial charge in [0.15, 0.2) is 11.5 Å². The summed E-state index contributed by atoms with van der Waals surface area (Å²) >= 11 is 0. The number of hydrogen-bond donors (Lipinski definition) is 2. The number of carbonyl (C=O) groups excluding carboxylic acids is 2. The Morgan fingerprint density at radius 3 is 1.98 bits per heavy atom. The van der Waals surface area contributed by atoms with Crippen molar-refractivity contribution in [2.24, 2.45) is 0 Å². The van der Waals surface area contributed by atoms with Crippen molar-refractivity contribution >= 4 is 17.8 Å². The van der Waals surface area contributed by atoms with Crippen molar-refractivity contribution in [3.05, 3.63) is 17.7 Å². The van der Waals surface area contributed by atoms with Crippen LogP contribution < -0.4 is 19.5 Å². The van der Waals surface area contributed by atoms with Gasteiger partial charge in [0, 0.05) is 51.3 Å². The van der Waals surface area contributed by atoms with Crippen LogP contribution in [0, 0.1) is 0 Å². The fraction of sp³-hybridized carbons (Fsp3) is 0.654. The van der Waals surface area contributed by atoms with Crippen molar-refractivity contribution in [1.29, 1.82) is 0 Å². The van der Waals surface area contributed by atoms with Gasteiger partial charge in [-0.15, -0.1) is 0 Å². The Balaban J connectivity index is 0.000000708. The van der Waals surface area contributed by atoms with Gasteiger partial charge in [-0.3, -0.25) is 9.59 Å². The lowest BCUT2D eigenvalue weighted by Crippen LogP contribution is -2.47. The molecule has 2 fully saturated rings. The van der Waals surface area contributed by atoms with Gasteiger partial charge in [-0.25, -0.2) is 4.79 Å². The fourth-order valence-corrected chi connectivity index (χ4v) is 4.50. The second kappa shape index (κ2) is 16.1. The lowest BCUT2D eigenvalue weighted by atomic mass is 10.1. The first-order valence-corrected chi connectivity index (χ1v) is 13.1. The number of methoxy groups -OCH3 is 3. The molecule has 1 aromatic carbocycles. The van der Waals surface area contributed by atoms with E-state index in [1.807, 2.05) is 4.90 Å². The van der Waals surface area contributed by atoms with Crippen LogP contribution in [0.25, 0.3) is 0 Å². The van der Waals surface area contributed by atoms with Gasteiger partial charge in [0.1, 0.15) is 0 Å². The molecule has 0 radical (unpaired) electrons. The van der Waals surface area contributed by atoms with Crippen LogP contribution in [-0.4, -0.2) is 124 Å². The first-order chi connectivity index (χ1) is 19.0. The highest BCUT2D eigenvalue weighted by atomic mass is 19.4. The average Bonchev–Trinajstić information content (AvgIpc) is 3.47. The second-order valence-electron chi connectivity index (χ2n) is 9.29. The number of ether oxygens (including phenoxy) is 3. The molecular weight excluding hydrogens is 537 g/mol. The van der Waals surface area contributed by atoms with Crippen LogP contribution in [0.1, 0.15) is 36.0 Å². The Hall–Kier alpha value is -3.26. The van der Waals surface area contributed by atoms with E-state index < -0.39 is 12.1 Å². The molecule has 0 spiro atoms. The molecule has 14 heteroatoms. The average molecular weight is 577 g/mol. The number of nitrogens with zero attached hydrogens (tertiary/aromatic N) is 3. The molecule has 226 valence electrons. The number of carbonyl (C=O) groups is 3. The Labute approximate surface area is 232 Å². The predicted molar refractivity (Wildman–Crippen MR) is 140 cm³/mol. The van der Waals surface area contributed by atoms with E-state index in [4.69, 9.17) is 24.1 Å². The molecule has 0 atom stereocenters. The predicted octanol–water partition coefficient (Wildman–Crippen LogP) is 2.10. The number of nitrogens with one attached hydrogen (secondary N) is 1. The highest BCUT2D eigenvalue weighted by molar-refractivity contribution is 5.96. The Morgan fingerprint density at radius 1 is 0.950 bits per heavy atom. The Bertz CT molecular complexity index is 957. The van der Waals surface area contributed by atoms with Crippen molar-refractivity contribution in [2.45, 2.75) is 31.9 Å². The minimum absolute atomic E-state index is 0.0961. The molecule has 2 N–H and O–H groups in total. The monoisotopic (exact) mass is 576 g/mol. The number of halogens is 3. The molecule has 0 aromatic heterocycles. The first-order valence-electron chi connectivity index (χ1n) is 13.1. The smallest absolute Gasteiger partial charge is 0.490 e. The minimum atomic E-state index is -5.08. The van der Waals surface area contributed by atoms with E-state index in [0.717, 1.165) is 39.1 Å². The number of piperazine rings is 1. The maximum atomic E-state index is 13.5. The molecule has 2 aliphatic heterocycles. The summed E-state index contributed by atoms with van der Waals surface area (Å²) in [5.74, 6) is -1.47. The third-order valence-electron chi connectivity index (χ3n) is 6.61. The van der Waals surface area contributed by atoms with E-state index in [0.29, 0.717) is 55.4 Å². The summed E-state index contributed by atoms with van der Waals surface area (Å²) < 4.78 is 48.0. The van der Waals surface area contributed by atoms with Crippen molar-refractivity contribution in [3.8, 4) is 17.2 Å². The lowest BCUT2D eigenvalue weighted by molar-refractivity contribution is -0.192. The van der Waals surface area contributed by atoms with Crippen molar-refractivity contribution in [2.75, 3.05) is 80.2 Å². The molecule has 2 saturated heterocycles. The minimum Gasteiger partial charge on any atom is -0.493 e. The van der Waals surface area contributed by atoms with Crippen molar-refractivity contribution in [1.82, 2.24) is 20.0 Å². The van der Waals surface area contributed by atoms with Crippen LogP contribution in [0.2, 0.25) is 0 Å². The quantitative estimate of drug-likeness (QED) is 0.408. The topological polar surface area (TPSA) is 121 Å². The standard InChI is InChI=1S/C24H38N4O5.C2HF3O2/c1-31-20-17-19(18-21(32-2)23(20)33-3)24(30)28(13-6-12-26-10-4-5-11-26)14-7-22(29)27-15-8-25-9-16-27;3-2(4,5)1(6)7/h17-18,25H,4-16H2,1-3H3;(H,6,7). The largest absolute Gasteiger partial charge is 0.493 e. The maximum Gasteiger partial charge on any atom is 0.490 e. The third kappa shape index (κ3) is 10.0. The number of carboxylic acid groups (broad SMARTS) is 1. The van der Waals surface area contributed by atoms with E-state index in [2.05, 4.69) is 10.2 Å². The van der Waals surface area contributed by atoms with Crippen LogP contribution in [0.5, 0.6) is 17.2 Å². The van der Waals surface area contributed by atoms with E-state index in [1.165, 1.54) is 34.2 Å².